The van der Waals surface area contributed by atoms with Crippen molar-refractivity contribution in [3.8, 4) is 17.6 Å². The minimum absolute atomic E-state index is 0.00265. The summed E-state index contributed by atoms with van der Waals surface area (Å²) in [5.41, 5.74) is 6.24. The predicted octanol–water partition coefficient (Wildman–Crippen LogP) is 5.41. The number of nitrogens with zero attached hydrogens (tertiary/aromatic N) is 1. The molecule has 1 N–H and O–H groups in total. The average molecular weight is 440 g/mol. The molecule has 3 aromatic carbocycles. The molecular formula is C29H29NO3. The molecule has 3 aromatic rings. The van der Waals surface area contributed by atoms with Gasteiger partial charge in [-0.05, 0) is 53.3 Å². The van der Waals surface area contributed by atoms with Gasteiger partial charge in [0.05, 0.1) is 12.3 Å². The van der Waals surface area contributed by atoms with E-state index in [0.717, 1.165) is 42.9 Å². The summed E-state index contributed by atoms with van der Waals surface area (Å²) >= 11 is 0. The average Bonchev–Trinajstić information content (AvgIpc) is 2.83. The number of benzene rings is 3. The van der Waals surface area contributed by atoms with Gasteiger partial charge in [-0.15, -0.1) is 5.92 Å². The molecule has 33 heavy (non-hydrogen) atoms. The van der Waals surface area contributed by atoms with E-state index in [1.54, 1.807) is 6.92 Å². The molecular weight excluding hydrogens is 410 g/mol. The van der Waals surface area contributed by atoms with Crippen LogP contribution in [-0.2, 0) is 30.9 Å². The molecule has 0 bridgehead atoms. The van der Waals surface area contributed by atoms with Crippen LogP contribution in [0.4, 0.5) is 0 Å². The van der Waals surface area contributed by atoms with Crippen molar-refractivity contribution < 1.29 is 14.6 Å². The molecule has 1 atom stereocenters. The first-order valence-corrected chi connectivity index (χ1v) is 11.3. The minimum atomic E-state index is -0.850. The van der Waals surface area contributed by atoms with E-state index in [0.29, 0.717) is 6.61 Å². The van der Waals surface area contributed by atoms with Gasteiger partial charge in [-0.2, -0.15) is 0 Å². The SMILES string of the molecule is CC#CC(CC(=O)O)c1ccc(OCc2ccc(CN3CCc4ccccc4C3)cc2)cc1. The number of carboxylic acid groups (broad SMARTS) is 1. The molecule has 0 aromatic heterocycles. The first-order chi connectivity index (χ1) is 16.1. The number of carbonyl (C=O) groups is 1. The number of rotatable bonds is 8. The predicted molar refractivity (Wildman–Crippen MR) is 130 cm³/mol. The van der Waals surface area contributed by atoms with Crippen LogP contribution in [0.1, 0.15) is 47.1 Å². The maximum Gasteiger partial charge on any atom is 0.304 e. The maximum atomic E-state index is 11.1. The topological polar surface area (TPSA) is 49.8 Å². The molecule has 4 heteroatoms. The Bertz CT molecular complexity index is 1140. The summed E-state index contributed by atoms with van der Waals surface area (Å²) in [5.74, 6) is 5.40. The number of carboxylic acids is 1. The number of hydrogen-bond acceptors (Lipinski definition) is 3. The van der Waals surface area contributed by atoms with Crippen molar-refractivity contribution in [2.24, 2.45) is 0 Å². The van der Waals surface area contributed by atoms with E-state index < -0.39 is 5.97 Å². The third kappa shape index (κ3) is 6.25. The fourth-order valence-electron chi connectivity index (χ4n) is 4.25. The molecule has 0 fully saturated rings. The zero-order valence-electron chi connectivity index (χ0n) is 19.0. The molecule has 0 spiro atoms. The fraction of sp³-hybridized carbons (Fsp3) is 0.276. The van der Waals surface area contributed by atoms with E-state index >= 15 is 0 Å². The van der Waals surface area contributed by atoms with Crippen LogP contribution in [0.25, 0.3) is 0 Å². The van der Waals surface area contributed by atoms with Crippen molar-refractivity contribution in [1.82, 2.24) is 4.90 Å². The van der Waals surface area contributed by atoms with E-state index in [1.807, 2.05) is 24.3 Å². The lowest BCUT2D eigenvalue weighted by Crippen LogP contribution is -2.29. The summed E-state index contributed by atoms with van der Waals surface area (Å²) < 4.78 is 5.93. The lowest BCUT2D eigenvalue weighted by molar-refractivity contribution is -0.137. The second-order valence-corrected chi connectivity index (χ2v) is 8.45. The van der Waals surface area contributed by atoms with Gasteiger partial charge in [-0.1, -0.05) is 66.6 Å². The summed E-state index contributed by atoms with van der Waals surface area (Å²) in [7, 11) is 0. The Balaban J connectivity index is 1.29. The van der Waals surface area contributed by atoms with Gasteiger partial charge in [0.25, 0.3) is 0 Å². The van der Waals surface area contributed by atoms with Crippen molar-refractivity contribution >= 4 is 5.97 Å². The van der Waals surface area contributed by atoms with Gasteiger partial charge in [0, 0.05) is 19.6 Å². The number of fused-ring (bicyclic) bond motifs is 1. The van der Waals surface area contributed by atoms with Gasteiger partial charge >= 0.3 is 5.97 Å². The third-order valence-corrected chi connectivity index (χ3v) is 6.02. The molecule has 1 heterocycles. The zero-order valence-corrected chi connectivity index (χ0v) is 19.0. The summed E-state index contributed by atoms with van der Waals surface area (Å²) in [6, 6.07) is 24.9. The second kappa shape index (κ2) is 10.8. The van der Waals surface area contributed by atoms with E-state index in [9.17, 15) is 4.79 Å². The Labute approximate surface area is 195 Å². The van der Waals surface area contributed by atoms with Crippen LogP contribution in [0.5, 0.6) is 5.75 Å². The van der Waals surface area contributed by atoms with Crippen LogP contribution in [0.2, 0.25) is 0 Å². The summed E-state index contributed by atoms with van der Waals surface area (Å²) in [4.78, 5) is 13.6. The number of aliphatic carboxylic acids is 1. The lowest BCUT2D eigenvalue weighted by Gasteiger charge is -2.28. The molecule has 1 unspecified atom stereocenters. The minimum Gasteiger partial charge on any atom is -0.489 e. The molecule has 4 rings (SSSR count). The standard InChI is InChI=1S/C29H29NO3/c1-2-5-26(18-29(31)32)25-12-14-28(15-13-25)33-21-23-10-8-22(9-11-23)19-30-17-16-24-6-3-4-7-27(24)20-30/h3-4,6-15,26H,16-21H2,1H3,(H,31,32). The third-order valence-electron chi connectivity index (χ3n) is 6.02. The van der Waals surface area contributed by atoms with Crippen LogP contribution < -0.4 is 4.74 Å². The maximum absolute atomic E-state index is 11.1. The summed E-state index contributed by atoms with van der Waals surface area (Å²) in [5, 5.41) is 9.09. The molecule has 0 amide bonds. The van der Waals surface area contributed by atoms with Crippen molar-refractivity contribution in [3.63, 3.8) is 0 Å². The number of hydrogen-bond donors (Lipinski definition) is 1. The first kappa shape index (κ1) is 22.6. The summed E-state index contributed by atoms with van der Waals surface area (Å²) in [6.07, 6.45) is 1.11. The highest BCUT2D eigenvalue weighted by atomic mass is 16.5. The Morgan fingerprint density at radius 3 is 2.39 bits per heavy atom. The Morgan fingerprint density at radius 1 is 1.00 bits per heavy atom. The van der Waals surface area contributed by atoms with Crippen molar-refractivity contribution in [1.29, 1.82) is 0 Å². The monoisotopic (exact) mass is 439 g/mol. The largest absolute Gasteiger partial charge is 0.489 e. The smallest absolute Gasteiger partial charge is 0.304 e. The van der Waals surface area contributed by atoms with E-state index in [2.05, 4.69) is 65.3 Å². The van der Waals surface area contributed by atoms with Crippen LogP contribution in [0, 0.1) is 11.8 Å². The fourth-order valence-corrected chi connectivity index (χ4v) is 4.25. The lowest BCUT2D eigenvalue weighted by atomic mass is 9.96. The van der Waals surface area contributed by atoms with Crippen LogP contribution in [0.3, 0.4) is 0 Å². The zero-order chi connectivity index (χ0) is 23.0. The molecule has 0 aliphatic carbocycles. The van der Waals surface area contributed by atoms with Crippen molar-refractivity contribution in [3.05, 3.63) is 101 Å². The van der Waals surface area contributed by atoms with Crippen LogP contribution in [-0.4, -0.2) is 22.5 Å². The highest BCUT2D eigenvalue weighted by molar-refractivity contribution is 5.69. The molecule has 0 saturated heterocycles. The highest BCUT2D eigenvalue weighted by Crippen LogP contribution is 2.23. The van der Waals surface area contributed by atoms with Crippen molar-refractivity contribution in [2.75, 3.05) is 6.54 Å². The molecule has 0 radical (unpaired) electrons. The quantitative estimate of drug-likeness (QED) is 0.477. The molecule has 168 valence electrons. The highest BCUT2D eigenvalue weighted by Gasteiger charge is 2.16. The van der Waals surface area contributed by atoms with Gasteiger partial charge in [0.15, 0.2) is 0 Å². The van der Waals surface area contributed by atoms with Crippen molar-refractivity contribution in [2.45, 2.75) is 45.4 Å². The van der Waals surface area contributed by atoms with Gasteiger partial charge < -0.3 is 9.84 Å². The molecule has 1 aliphatic rings. The van der Waals surface area contributed by atoms with E-state index in [4.69, 9.17) is 9.84 Å². The Hall–Kier alpha value is -3.55. The number of ether oxygens (including phenoxy) is 1. The molecule has 1 aliphatic heterocycles. The first-order valence-electron chi connectivity index (χ1n) is 11.3. The van der Waals surface area contributed by atoms with Gasteiger partial charge in [0.1, 0.15) is 12.4 Å². The van der Waals surface area contributed by atoms with Crippen LogP contribution in [0.15, 0.2) is 72.8 Å². The molecule has 0 saturated carbocycles. The normalized spacial score (nSPS) is 14.0. The van der Waals surface area contributed by atoms with Gasteiger partial charge in [-0.3, -0.25) is 9.69 Å². The van der Waals surface area contributed by atoms with E-state index in [1.165, 1.54) is 16.7 Å². The van der Waals surface area contributed by atoms with Gasteiger partial charge in [-0.25, -0.2) is 0 Å². The van der Waals surface area contributed by atoms with E-state index in [-0.39, 0.29) is 12.3 Å². The molecule has 4 nitrogen and oxygen atoms in total. The van der Waals surface area contributed by atoms with Gasteiger partial charge in [0.2, 0.25) is 0 Å². The summed E-state index contributed by atoms with van der Waals surface area (Å²) in [6.45, 7) is 5.27. The Kier molecular flexibility index (Phi) is 7.44. The Morgan fingerprint density at radius 2 is 1.70 bits per heavy atom. The second-order valence-electron chi connectivity index (χ2n) is 8.45. The van der Waals surface area contributed by atoms with Crippen LogP contribution >= 0.6 is 0 Å².